The van der Waals surface area contributed by atoms with Crippen LogP contribution in [-0.2, 0) is 14.2 Å². The average molecular weight is 543 g/mol. The Morgan fingerprint density at radius 2 is 2.08 bits per heavy atom. The summed E-state index contributed by atoms with van der Waals surface area (Å²) in [6.07, 6.45) is 4.23. The first-order valence-corrected chi connectivity index (χ1v) is 13.4. The molecule has 2 saturated heterocycles. The lowest BCUT2D eigenvalue weighted by atomic mass is 9.85. The van der Waals surface area contributed by atoms with Crippen LogP contribution in [0.4, 0.5) is 14.0 Å². The first kappa shape index (κ1) is 29.4. The molecule has 3 rings (SSSR count). The van der Waals surface area contributed by atoms with Gasteiger partial charge >= 0.3 is 12.1 Å². The molecular formula is C26H40ClFN4O5. The molecule has 0 spiro atoms. The Labute approximate surface area is 223 Å². The van der Waals surface area contributed by atoms with E-state index in [2.05, 4.69) is 20.7 Å². The molecule has 0 radical (unpaired) electrons. The SMILES string of the molecule is CN[C@H](CNC(=O)N1CCC[C@@H](COCCNC(=O)OC)[C@@H]1c1cc(F)cc(Cl)c1)C[C@H]1CCCOC1. The third kappa shape index (κ3) is 9.28. The number of nitrogens with zero attached hydrogens (tertiary/aromatic N) is 1. The second kappa shape index (κ2) is 15.3. The average Bonchev–Trinajstić information content (AvgIpc) is 2.90. The van der Waals surface area contributed by atoms with Gasteiger partial charge in [-0.15, -0.1) is 0 Å². The Kier molecular flexibility index (Phi) is 12.2. The van der Waals surface area contributed by atoms with Crippen molar-refractivity contribution in [2.24, 2.45) is 11.8 Å². The van der Waals surface area contributed by atoms with Gasteiger partial charge in [-0.2, -0.15) is 0 Å². The van der Waals surface area contributed by atoms with Crippen LogP contribution in [0.15, 0.2) is 18.2 Å². The minimum Gasteiger partial charge on any atom is -0.453 e. The zero-order valence-corrected chi connectivity index (χ0v) is 22.5. The van der Waals surface area contributed by atoms with Crippen LogP contribution < -0.4 is 16.0 Å². The monoisotopic (exact) mass is 542 g/mol. The van der Waals surface area contributed by atoms with Crippen LogP contribution in [0.5, 0.6) is 0 Å². The van der Waals surface area contributed by atoms with E-state index in [0.717, 1.165) is 45.3 Å². The number of ether oxygens (including phenoxy) is 3. The van der Waals surface area contributed by atoms with Crippen molar-refractivity contribution < 1.29 is 28.2 Å². The van der Waals surface area contributed by atoms with E-state index in [0.29, 0.717) is 44.3 Å². The van der Waals surface area contributed by atoms with Gasteiger partial charge in [0.1, 0.15) is 5.82 Å². The number of rotatable bonds is 11. The molecule has 4 atom stereocenters. The maximum absolute atomic E-state index is 14.3. The lowest BCUT2D eigenvalue weighted by molar-refractivity contribution is 0.0348. The van der Waals surface area contributed by atoms with E-state index in [-0.39, 0.29) is 23.0 Å². The third-order valence-electron chi connectivity index (χ3n) is 7.06. The molecule has 11 heteroatoms. The molecule has 0 aromatic heterocycles. The van der Waals surface area contributed by atoms with E-state index in [1.165, 1.54) is 19.2 Å². The number of benzene rings is 1. The smallest absolute Gasteiger partial charge is 0.406 e. The quantitative estimate of drug-likeness (QED) is 0.368. The number of halogens is 2. The fourth-order valence-corrected chi connectivity index (χ4v) is 5.45. The Hall–Kier alpha value is -2.14. The molecule has 0 saturated carbocycles. The Balaban J connectivity index is 1.65. The van der Waals surface area contributed by atoms with Crippen LogP contribution in [0.1, 0.15) is 43.7 Å². The van der Waals surface area contributed by atoms with Gasteiger partial charge in [-0.3, -0.25) is 0 Å². The van der Waals surface area contributed by atoms with Gasteiger partial charge in [0.15, 0.2) is 0 Å². The van der Waals surface area contributed by atoms with Crippen molar-refractivity contribution in [1.29, 1.82) is 0 Å². The maximum atomic E-state index is 14.3. The van der Waals surface area contributed by atoms with Crippen molar-refractivity contribution in [3.63, 3.8) is 0 Å². The molecule has 9 nitrogen and oxygen atoms in total. The van der Waals surface area contributed by atoms with E-state index < -0.39 is 18.0 Å². The second-order valence-electron chi connectivity index (χ2n) is 9.73. The highest BCUT2D eigenvalue weighted by atomic mass is 35.5. The van der Waals surface area contributed by atoms with Gasteiger partial charge in [0.25, 0.3) is 0 Å². The fourth-order valence-electron chi connectivity index (χ4n) is 5.22. The predicted molar refractivity (Wildman–Crippen MR) is 139 cm³/mol. The zero-order chi connectivity index (χ0) is 26.6. The number of hydrogen-bond acceptors (Lipinski definition) is 6. The number of likely N-dealkylation sites (N-methyl/N-ethyl adjacent to an activating group) is 1. The lowest BCUT2D eigenvalue weighted by Crippen LogP contribution is -2.51. The van der Waals surface area contributed by atoms with Crippen molar-refractivity contribution >= 4 is 23.7 Å². The number of urea groups is 1. The predicted octanol–water partition coefficient (Wildman–Crippen LogP) is 3.72. The molecule has 3 amide bonds. The van der Waals surface area contributed by atoms with E-state index in [1.807, 2.05) is 7.05 Å². The zero-order valence-electron chi connectivity index (χ0n) is 21.8. The highest BCUT2D eigenvalue weighted by molar-refractivity contribution is 6.30. The summed E-state index contributed by atoms with van der Waals surface area (Å²) in [7, 11) is 3.21. The second-order valence-corrected chi connectivity index (χ2v) is 10.2. The summed E-state index contributed by atoms with van der Waals surface area (Å²) in [5.41, 5.74) is 0.644. The molecule has 3 N–H and O–H groups in total. The van der Waals surface area contributed by atoms with Crippen molar-refractivity contribution in [2.45, 2.75) is 44.2 Å². The van der Waals surface area contributed by atoms with E-state index in [4.69, 9.17) is 21.1 Å². The van der Waals surface area contributed by atoms with Crippen LogP contribution in [0, 0.1) is 17.7 Å². The van der Waals surface area contributed by atoms with E-state index >= 15 is 0 Å². The molecular weight excluding hydrogens is 503 g/mol. The van der Waals surface area contributed by atoms with Crippen LogP contribution in [0.25, 0.3) is 0 Å². The molecule has 208 valence electrons. The first-order chi connectivity index (χ1) is 17.9. The molecule has 2 fully saturated rings. The molecule has 0 bridgehead atoms. The lowest BCUT2D eigenvalue weighted by Gasteiger charge is -2.42. The molecule has 0 unspecified atom stereocenters. The van der Waals surface area contributed by atoms with Crippen LogP contribution >= 0.6 is 11.6 Å². The van der Waals surface area contributed by atoms with E-state index in [1.54, 1.807) is 11.0 Å². The number of likely N-dealkylation sites (tertiary alicyclic amines) is 1. The minimum absolute atomic E-state index is 0.0602. The normalized spacial score (nSPS) is 22.8. The number of nitrogens with one attached hydrogen (secondary N) is 3. The van der Waals surface area contributed by atoms with Crippen LogP contribution in [0.2, 0.25) is 5.02 Å². The molecule has 0 aliphatic carbocycles. The summed E-state index contributed by atoms with van der Waals surface area (Å²) in [5.74, 6) is -0.0224. The molecule has 1 aromatic carbocycles. The van der Waals surface area contributed by atoms with Crippen molar-refractivity contribution in [3.8, 4) is 0 Å². The van der Waals surface area contributed by atoms with Crippen LogP contribution in [-0.4, -0.2) is 83.3 Å². The fraction of sp³-hybridized carbons (Fsp3) is 0.692. The van der Waals surface area contributed by atoms with Gasteiger partial charge in [-0.25, -0.2) is 14.0 Å². The largest absolute Gasteiger partial charge is 0.453 e. The summed E-state index contributed by atoms with van der Waals surface area (Å²) in [6, 6.07) is 3.95. The van der Waals surface area contributed by atoms with Gasteiger partial charge in [-0.1, -0.05) is 11.6 Å². The summed E-state index contributed by atoms with van der Waals surface area (Å²) >= 11 is 6.19. The van der Waals surface area contributed by atoms with Crippen molar-refractivity contribution in [2.75, 3.05) is 60.2 Å². The summed E-state index contributed by atoms with van der Waals surface area (Å²) < 4.78 is 30.3. The number of alkyl carbamates (subject to hydrolysis) is 1. The number of carbonyl (C=O) groups excluding carboxylic acids is 2. The summed E-state index contributed by atoms with van der Waals surface area (Å²) in [6.45, 7) is 3.57. The third-order valence-corrected chi connectivity index (χ3v) is 7.28. The van der Waals surface area contributed by atoms with Gasteiger partial charge in [-0.05, 0) is 68.8 Å². The van der Waals surface area contributed by atoms with Crippen molar-refractivity contribution in [3.05, 3.63) is 34.6 Å². The molecule has 1 aromatic rings. The number of methoxy groups -OCH3 is 1. The summed E-state index contributed by atoms with van der Waals surface area (Å²) in [5, 5.41) is 9.26. The Bertz CT molecular complexity index is 853. The summed E-state index contributed by atoms with van der Waals surface area (Å²) in [4.78, 5) is 26.4. The number of piperidine rings is 1. The topological polar surface area (TPSA) is 101 Å². The molecule has 2 aliphatic heterocycles. The first-order valence-electron chi connectivity index (χ1n) is 13.1. The van der Waals surface area contributed by atoms with Gasteiger partial charge in [0.2, 0.25) is 0 Å². The van der Waals surface area contributed by atoms with E-state index in [9.17, 15) is 14.0 Å². The Morgan fingerprint density at radius 3 is 2.78 bits per heavy atom. The van der Waals surface area contributed by atoms with Gasteiger partial charge in [0.05, 0.1) is 26.4 Å². The number of carbonyl (C=O) groups is 2. The highest BCUT2D eigenvalue weighted by Gasteiger charge is 2.36. The highest BCUT2D eigenvalue weighted by Crippen LogP contribution is 2.37. The Morgan fingerprint density at radius 1 is 1.24 bits per heavy atom. The van der Waals surface area contributed by atoms with Crippen LogP contribution in [0.3, 0.4) is 0 Å². The molecule has 2 aliphatic rings. The number of hydrogen-bond donors (Lipinski definition) is 3. The van der Waals surface area contributed by atoms with Crippen molar-refractivity contribution in [1.82, 2.24) is 20.9 Å². The minimum atomic E-state index is -0.521. The molecule has 37 heavy (non-hydrogen) atoms. The van der Waals surface area contributed by atoms with Gasteiger partial charge < -0.3 is 35.1 Å². The van der Waals surface area contributed by atoms with Gasteiger partial charge in [0, 0.05) is 49.8 Å². The molecule has 2 heterocycles. The number of amides is 3. The maximum Gasteiger partial charge on any atom is 0.406 e. The standard InChI is InChI=1S/C26H40ClFN4O5/c1-29-23(11-18-5-4-9-36-16-18)15-31-25(33)32-8-3-6-19(17-37-10-7-30-26(34)35-2)24(32)20-12-21(27)14-22(28)13-20/h12-14,18-19,23-24,29H,3-11,15-17H2,1-2H3,(H,30,34)(H,31,33)/t18-,19+,23+,24-/m1/s1.